The molecule has 1 saturated heterocycles. The van der Waals surface area contributed by atoms with E-state index in [9.17, 15) is 9.59 Å². The average molecular weight is 370 g/mol. The number of aliphatic imine (C=N–C) groups is 1. The molecule has 0 aromatic rings. The standard InChI is InChI=1S/C18H35N5O3/c1-6-22(17(25)26-18(2,3)4)11-9-21-16(20-5)23-10-7-8-14(13-23)12-15(19)24/h14H,6-13H2,1-5H3,(H2,19,24)(H,20,21). The highest BCUT2D eigenvalue weighted by Gasteiger charge is 2.24. The smallest absolute Gasteiger partial charge is 0.410 e. The number of amides is 2. The lowest BCUT2D eigenvalue weighted by Gasteiger charge is -2.35. The number of nitrogens with one attached hydrogen (secondary N) is 1. The van der Waals surface area contributed by atoms with Crippen molar-refractivity contribution < 1.29 is 14.3 Å². The maximum Gasteiger partial charge on any atom is 0.410 e. The zero-order chi connectivity index (χ0) is 19.7. The van der Waals surface area contributed by atoms with Gasteiger partial charge < -0.3 is 25.6 Å². The molecule has 1 fully saturated rings. The third-order valence-corrected chi connectivity index (χ3v) is 4.22. The Hall–Kier alpha value is -1.99. The molecule has 1 aliphatic rings. The van der Waals surface area contributed by atoms with E-state index in [1.54, 1.807) is 11.9 Å². The lowest BCUT2D eigenvalue weighted by Crippen LogP contribution is -2.49. The fourth-order valence-electron chi connectivity index (χ4n) is 3.05. The summed E-state index contributed by atoms with van der Waals surface area (Å²) in [6.07, 6.45) is 2.13. The molecule has 1 unspecified atom stereocenters. The summed E-state index contributed by atoms with van der Waals surface area (Å²) in [5.74, 6) is 0.809. The molecule has 0 aliphatic carbocycles. The quantitative estimate of drug-likeness (QED) is 0.545. The molecule has 0 radical (unpaired) electrons. The van der Waals surface area contributed by atoms with Crippen LogP contribution in [0.1, 0.15) is 47.0 Å². The number of likely N-dealkylation sites (tertiary alicyclic amines) is 1. The number of nitrogens with two attached hydrogens (primary N) is 1. The van der Waals surface area contributed by atoms with Gasteiger partial charge in [0.2, 0.25) is 5.91 Å². The second kappa shape index (κ2) is 10.2. The Kier molecular flexibility index (Phi) is 8.68. The molecule has 3 N–H and O–H groups in total. The van der Waals surface area contributed by atoms with Crippen LogP contribution in [-0.4, -0.2) is 73.1 Å². The Labute approximate surface area is 157 Å². The molecule has 150 valence electrons. The van der Waals surface area contributed by atoms with Crippen molar-refractivity contribution in [1.29, 1.82) is 0 Å². The number of piperidine rings is 1. The van der Waals surface area contributed by atoms with Crippen LogP contribution < -0.4 is 11.1 Å². The monoisotopic (exact) mass is 369 g/mol. The molecule has 26 heavy (non-hydrogen) atoms. The maximum atomic E-state index is 12.2. The summed E-state index contributed by atoms with van der Waals surface area (Å²) in [7, 11) is 1.74. The molecule has 0 saturated carbocycles. The van der Waals surface area contributed by atoms with Gasteiger partial charge in [0.05, 0.1) is 0 Å². The summed E-state index contributed by atoms with van der Waals surface area (Å²) in [6.45, 7) is 10.9. The SMILES string of the molecule is CCN(CCNC(=NC)N1CCCC(CC(N)=O)C1)C(=O)OC(C)(C)C. The first-order chi connectivity index (χ1) is 12.2. The molecular weight excluding hydrogens is 334 g/mol. The van der Waals surface area contributed by atoms with Gasteiger partial charge in [-0.3, -0.25) is 9.79 Å². The molecule has 8 nitrogen and oxygen atoms in total. The van der Waals surface area contributed by atoms with Crippen molar-refractivity contribution in [3.63, 3.8) is 0 Å². The topological polar surface area (TPSA) is 100 Å². The second-order valence-electron chi connectivity index (χ2n) is 7.66. The molecule has 1 atom stereocenters. The van der Waals surface area contributed by atoms with Crippen LogP contribution in [0.4, 0.5) is 4.79 Å². The number of rotatable bonds is 6. The Bertz CT molecular complexity index is 502. The summed E-state index contributed by atoms with van der Waals surface area (Å²) in [6, 6.07) is 0. The van der Waals surface area contributed by atoms with Crippen molar-refractivity contribution in [1.82, 2.24) is 15.1 Å². The van der Waals surface area contributed by atoms with Crippen molar-refractivity contribution >= 4 is 18.0 Å². The van der Waals surface area contributed by atoms with Crippen LogP contribution in [-0.2, 0) is 9.53 Å². The van der Waals surface area contributed by atoms with Crippen molar-refractivity contribution in [2.75, 3.05) is 39.8 Å². The molecule has 0 spiro atoms. The number of ether oxygens (including phenoxy) is 1. The molecule has 0 aromatic carbocycles. The summed E-state index contributed by atoms with van der Waals surface area (Å²) in [5, 5.41) is 3.31. The number of hydrogen-bond acceptors (Lipinski definition) is 4. The highest BCUT2D eigenvalue weighted by Crippen LogP contribution is 2.19. The van der Waals surface area contributed by atoms with Gasteiger partial charge in [-0.25, -0.2) is 4.79 Å². The van der Waals surface area contributed by atoms with Crippen LogP contribution in [0.3, 0.4) is 0 Å². The zero-order valence-corrected chi connectivity index (χ0v) is 16.9. The lowest BCUT2D eigenvalue weighted by molar-refractivity contribution is -0.119. The summed E-state index contributed by atoms with van der Waals surface area (Å²) in [4.78, 5) is 31.5. The minimum Gasteiger partial charge on any atom is -0.444 e. The molecule has 1 rings (SSSR count). The van der Waals surface area contributed by atoms with E-state index in [-0.39, 0.29) is 17.9 Å². The number of carbonyl (C=O) groups excluding carboxylic acids is 2. The number of nitrogens with zero attached hydrogens (tertiary/aromatic N) is 3. The van der Waals surface area contributed by atoms with Gasteiger partial charge in [0, 0.05) is 46.2 Å². The second-order valence-corrected chi connectivity index (χ2v) is 7.66. The normalized spacial score (nSPS) is 18.4. The average Bonchev–Trinajstić information content (AvgIpc) is 2.53. The van der Waals surface area contributed by atoms with E-state index in [0.29, 0.717) is 26.1 Å². The molecule has 8 heteroatoms. The number of primary amides is 1. The fourth-order valence-corrected chi connectivity index (χ4v) is 3.05. The zero-order valence-electron chi connectivity index (χ0n) is 16.9. The minimum atomic E-state index is -0.503. The van der Waals surface area contributed by atoms with Gasteiger partial charge in [0.15, 0.2) is 5.96 Å². The molecule has 1 aliphatic heterocycles. The van der Waals surface area contributed by atoms with Crippen LogP contribution in [0.25, 0.3) is 0 Å². The van der Waals surface area contributed by atoms with Gasteiger partial charge in [-0.1, -0.05) is 0 Å². The largest absolute Gasteiger partial charge is 0.444 e. The van der Waals surface area contributed by atoms with Crippen LogP contribution >= 0.6 is 0 Å². The van der Waals surface area contributed by atoms with E-state index in [0.717, 1.165) is 31.9 Å². The first-order valence-corrected chi connectivity index (χ1v) is 9.38. The van der Waals surface area contributed by atoms with Gasteiger partial charge in [-0.05, 0) is 46.5 Å². The third-order valence-electron chi connectivity index (χ3n) is 4.22. The number of guanidine groups is 1. The number of likely N-dealkylation sites (N-methyl/N-ethyl adjacent to an activating group) is 1. The van der Waals surface area contributed by atoms with Crippen molar-refractivity contribution in [2.45, 2.75) is 52.6 Å². The third kappa shape index (κ3) is 7.93. The first kappa shape index (κ1) is 22.1. The molecule has 0 bridgehead atoms. The van der Waals surface area contributed by atoms with Gasteiger partial charge in [0.25, 0.3) is 0 Å². The van der Waals surface area contributed by atoms with E-state index < -0.39 is 5.60 Å². The Morgan fingerprint density at radius 2 is 2.08 bits per heavy atom. The molecule has 1 heterocycles. The fraction of sp³-hybridized carbons (Fsp3) is 0.833. The lowest BCUT2D eigenvalue weighted by atomic mass is 9.95. The van der Waals surface area contributed by atoms with E-state index >= 15 is 0 Å². The summed E-state index contributed by atoms with van der Waals surface area (Å²) < 4.78 is 5.42. The van der Waals surface area contributed by atoms with Crippen molar-refractivity contribution in [3.05, 3.63) is 0 Å². The van der Waals surface area contributed by atoms with E-state index in [1.165, 1.54) is 0 Å². The van der Waals surface area contributed by atoms with Crippen LogP contribution in [0.15, 0.2) is 4.99 Å². The number of hydrogen-bond donors (Lipinski definition) is 2. The van der Waals surface area contributed by atoms with Crippen LogP contribution in [0, 0.1) is 5.92 Å². The Morgan fingerprint density at radius 3 is 2.62 bits per heavy atom. The van der Waals surface area contributed by atoms with E-state index in [2.05, 4.69) is 15.2 Å². The van der Waals surface area contributed by atoms with Crippen LogP contribution in [0.2, 0.25) is 0 Å². The predicted molar refractivity (Wildman–Crippen MR) is 103 cm³/mol. The van der Waals surface area contributed by atoms with Gasteiger partial charge in [-0.15, -0.1) is 0 Å². The van der Waals surface area contributed by atoms with Crippen molar-refractivity contribution in [2.24, 2.45) is 16.6 Å². The van der Waals surface area contributed by atoms with Crippen LogP contribution in [0.5, 0.6) is 0 Å². The summed E-state index contributed by atoms with van der Waals surface area (Å²) >= 11 is 0. The van der Waals surface area contributed by atoms with Gasteiger partial charge in [0.1, 0.15) is 5.60 Å². The molecule has 0 aromatic heterocycles. The first-order valence-electron chi connectivity index (χ1n) is 9.38. The Balaban J connectivity index is 2.50. The summed E-state index contributed by atoms with van der Waals surface area (Å²) in [5.41, 5.74) is 4.82. The van der Waals surface area contributed by atoms with Gasteiger partial charge >= 0.3 is 6.09 Å². The minimum absolute atomic E-state index is 0.254. The predicted octanol–water partition coefficient (Wildman–Crippen LogP) is 1.41. The molecule has 2 amide bonds. The Morgan fingerprint density at radius 1 is 1.38 bits per heavy atom. The van der Waals surface area contributed by atoms with Gasteiger partial charge in [-0.2, -0.15) is 0 Å². The highest BCUT2D eigenvalue weighted by atomic mass is 16.6. The van der Waals surface area contributed by atoms with Crippen molar-refractivity contribution in [3.8, 4) is 0 Å². The van der Waals surface area contributed by atoms with E-state index in [1.807, 2.05) is 27.7 Å². The highest BCUT2D eigenvalue weighted by molar-refractivity contribution is 5.80. The molecular formula is C18H35N5O3. The van der Waals surface area contributed by atoms with E-state index in [4.69, 9.17) is 10.5 Å². The number of carbonyl (C=O) groups is 2. The maximum absolute atomic E-state index is 12.2.